The topological polar surface area (TPSA) is 106 Å². The van der Waals surface area contributed by atoms with Gasteiger partial charge in [-0.3, -0.25) is 14.2 Å². The minimum Gasteiger partial charge on any atom is -0.320 e. The number of hydrogen-bond acceptors (Lipinski definition) is 5. The van der Waals surface area contributed by atoms with Crippen molar-refractivity contribution in [3.8, 4) is 0 Å². The lowest BCUT2D eigenvalue weighted by molar-refractivity contribution is 0.102. The summed E-state index contributed by atoms with van der Waals surface area (Å²) in [5.41, 5.74) is 1.63. The summed E-state index contributed by atoms with van der Waals surface area (Å²) in [6.45, 7) is 1.82. The number of amides is 1. The SMILES string of the molecule is Cc1nn(C)c2ncc(NC(=O)c3cc(F)ccc3NS(C)(=O)=O)cc12. The van der Waals surface area contributed by atoms with Gasteiger partial charge in [0.2, 0.25) is 10.0 Å². The number of rotatable bonds is 4. The molecule has 0 saturated carbocycles. The highest BCUT2D eigenvalue weighted by molar-refractivity contribution is 7.92. The fraction of sp³-hybridized carbons (Fsp3) is 0.188. The van der Waals surface area contributed by atoms with Crippen LogP contribution >= 0.6 is 0 Å². The first kappa shape index (κ1) is 17.8. The average molecular weight is 377 g/mol. The maximum Gasteiger partial charge on any atom is 0.257 e. The lowest BCUT2D eigenvalue weighted by atomic mass is 10.1. The summed E-state index contributed by atoms with van der Waals surface area (Å²) in [7, 11) is -1.87. The monoisotopic (exact) mass is 377 g/mol. The van der Waals surface area contributed by atoms with Gasteiger partial charge in [0, 0.05) is 12.4 Å². The summed E-state index contributed by atoms with van der Waals surface area (Å²) >= 11 is 0. The number of nitrogens with one attached hydrogen (secondary N) is 2. The number of sulfonamides is 1. The van der Waals surface area contributed by atoms with Crippen LogP contribution in [0.25, 0.3) is 11.0 Å². The second kappa shape index (κ2) is 6.37. The van der Waals surface area contributed by atoms with E-state index >= 15 is 0 Å². The molecule has 2 aromatic heterocycles. The molecule has 3 aromatic rings. The number of carbonyl (C=O) groups excluding carboxylic acids is 1. The van der Waals surface area contributed by atoms with Crippen molar-refractivity contribution in [3.05, 3.63) is 47.5 Å². The third kappa shape index (κ3) is 3.64. The van der Waals surface area contributed by atoms with E-state index in [4.69, 9.17) is 0 Å². The predicted molar refractivity (Wildman–Crippen MR) is 96.1 cm³/mol. The molecule has 0 spiro atoms. The number of aromatic nitrogens is 3. The molecule has 26 heavy (non-hydrogen) atoms. The number of nitrogens with zero attached hydrogens (tertiary/aromatic N) is 3. The van der Waals surface area contributed by atoms with E-state index in [0.29, 0.717) is 11.3 Å². The van der Waals surface area contributed by atoms with Crippen molar-refractivity contribution < 1.29 is 17.6 Å². The van der Waals surface area contributed by atoms with Crippen LogP contribution in [0.1, 0.15) is 16.1 Å². The van der Waals surface area contributed by atoms with Crippen molar-refractivity contribution in [3.63, 3.8) is 0 Å². The molecular formula is C16H16FN5O3S. The molecule has 0 aliphatic rings. The first-order valence-corrected chi connectivity index (χ1v) is 9.41. The summed E-state index contributed by atoms with van der Waals surface area (Å²) in [5.74, 6) is -1.33. The third-order valence-electron chi connectivity index (χ3n) is 3.64. The highest BCUT2D eigenvalue weighted by Crippen LogP contribution is 2.22. The zero-order chi connectivity index (χ0) is 19.1. The molecule has 0 unspecified atom stereocenters. The molecule has 1 amide bonds. The van der Waals surface area contributed by atoms with E-state index in [0.717, 1.165) is 29.5 Å². The molecule has 136 valence electrons. The van der Waals surface area contributed by atoms with E-state index in [1.54, 1.807) is 17.8 Å². The number of fused-ring (bicyclic) bond motifs is 1. The Hall–Kier alpha value is -3.01. The predicted octanol–water partition coefficient (Wildman–Crippen LogP) is 2.04. The normalized spacial score (nSPS) is 11.5. The van der Waals surface area contributed by atoms with Gasteiger partial charge in [0.15, 0.2) is 5.65 Å². The molecule has 2 heterocycles. The molecule has 0 fully saturated rings. The van der Waals surface area contributed by atoms with Gasteiger partial charge in [0.25, 0.3) is 5.91 Å². The highest BCUT2D eigenvalue weighted by Gasteiger charge is 2.16. The summed E-state index contributed by atoms with van der Waals surface area (Å²) in [6, 6.07) is 4.92. The van der Waals surface area contributed by atoms with Crippen molar-refractivity contribution in [1.82, 2.24) is 14.8 Å². The fourth-order valence-electron chi connectivity index (χ4n) is 2.57. The van der Waals surface area contributed by atoms with Crippen LogP contribution in [0.2, 0.25) is 0 Å². The van der Waals surface area contributed by atoms with Gasteiger partial charge in [-0.15, -0.1) is 0 Å². The Balaban J connectivity index is 1.95. The van der Waals surface area contributed by atoms with Crippen molar-refractivity contribution in [1.29, 1.82) is 0 Å². The Bertz CT molecular complexity index is 1120. The standard InChI is InChI=1S/C16H16FN5O3S/c1-9-12-7-11(8-18-15(12)22(2)20-9)19-16(23)13-6-10(17)4-5-14(13)21-26(3,24)25/h4-8,21H,1-3H3,(H,19,23). The number of benzene rings is 1. The van der Waals surface area contributed by atoms with Gasteiger partial charge >= 0.3 is 0 Å². The lowest BCUT2D eigenvalue weighted by Gasteiger charge is -2.11. The van der Waals surface area contributed by atoms with Crippen LogP contribution in [0.4, 0.5) is 15.8 Å². The maximum absolute atomic E-state index is 13.6. The van der Waals surface area contributed by atoms with Crippen LogP contribution in [0.3, 0.4) is 0 Å². The molecule has 10 heteroatoms. The van der Waals surface area contributed by atoms with Crippen LogP contribution in [0, 0.1) is 12.7 Å². The summed E-state index contributed by atoms with van der Waals surface area (Å²) in [5, 5.41) is 7.61. The number of pyridine rings is 1. The second-order valence-electron chi connectivity index (χ2n) is 5.82. The quantitative estimate of drug-likeness (QED) is 0.724. The summed E-state index contributed by atoms with van der Waals surface area (Å²) in [4.78, 5) is 16.8. The van der Waals surface area contributed by atoms with Crippen molar-refractivity contribution in [2.24, 2.45) is 7.05 Å². The van der Waals surface area contributed by atoms with Crippen molar-refractivity contribution >= 4 is 38.3 Å². The van der Waals surface area contributed by atoms with Crippen LogP contribution in [0.5, 0.6) is 0 Å². The molecule has 0 atom stereocenters. The Morgan fingerprint density at radius 1 is 1.27 bits per heavy atom. The van der Waals surface area contributed by atoms with Gasteiger partial charge in [-0.05, 0) is 31.2 Å². The Morgan fingerprint density at radius 3 is 2.69 bits per heavy atom. The molecule has 3 rings (SSSR count). The summed E-state index contributed by atoms with van der Waals surface area (Å²) < 4.78 is 40.3. The zero-order valence-electron chi connectivity index (χ0n) is 14.2. The highest BCUT2D eigenvalue weighted by atomic mass is 32.2. The third-order valence-corrected chi connectivity index (χ3v) is 4.23. The van der Waals surface area contributed by atoms with Gasteiger partial charge in [-0.1, -0.05) is 0 Å². The summed E-state index contributed by atoms with van der Waals surface area (Å²) in [6.07, 6.45) is 2.39. The Labute approximate surface area is 149 Å². The number of halogens is 1. The van der Waals surface area contributed by atoms with E-state index in [9.17, 15) is 17.6 Å². The number of aryl methyl sites for hydroxylation is 2. The van der Waals surface area contributed by atoms with Crippen molar-refractivity contribution in [2.75, 3.05) is 16.3 Å². The van der Waals surface area contributed by atoms with E-state index in [1.165, 1.54) is 12.3 Å². The molecule has 1 aromatic carbocycles. The van der Waals surface area contributed by atoms with E-state index in [-0.39, 0.29) is 11.3 Å². The zero-order valence-corrected chi connectivity index (χ0v) is 15.1. The molecule has 0 saturated heterocycles. The van der Waals surface area contributed by atoms with Crippen molar-refractivity contribution in [2.45, 2.75) is 6.92 Å². The Morgan fingerprint density at radius 2 is 2.00 bits per heavy atom. The van der Waals surface area contributed by atoms with Gasteiger partial charge in [-0.25, -0.2) is 17.8 Å². The van der Waals surface area contributed by atoms with Gasteiger partial charge in [0.1, 0.15) is 5.82 Å². The van der Waals surface area contributed by atoms with E-state index < -0.39 is 21.7 Å². The molecule has 2 N–H and O–H groups in total. The number of carbonyl (C=O) groups is 1. The van der Waals surface area contributed by atoms with Crippen LogP contribution < -0.4 is 10.0 Å². The van der Waals surface area contributed by atoms with Crippen LogP contribution in [0.15, 0.2) is 30.5 Å². The first-order valence-electron chi connectivity index (χ1n) is 7.52. The number of hydrogen-bond donors (Lipinski definition) is 2. The molecule has 8 nitrogen and oxygen atoms in total. The minimum atomic E-state index is -3.63. The van der Waals surface area contributed by atoms with Gasteiger partial charge < -0.3 is 5.32 Å². The second-order valence-corrected chi connectivity index (χ2v) is 7.57. The molecule has 0 bridgehead atoms. The minimum absolute atomic E-state index is 0.0157. The smallest absolute Gasteiger partial charge is 0.257 e. The first-order chi connectivity index (χ1) is 12.1. The molecule has 0 radical (unpaired) electrons. The Kier molecular flexibility index (Phi) is 4.36. The van der Waals surface area contributed by atoms with Gasteiger partial charge in [0.05, 0.1) is 35.1 Å². The molecule has 0 aliphatic carbocycles. The average Bonchev–Trinajstić information content (AvgIpc) is 2.82. The fourth-order valence-corrected chi connectivity index (χ4v) is 3.15. The molecule has 0 aliphatic heterocycles. The van der Waals surface area contributed by atoms with Crippen LogP contribution in [-0.4, -0.2) is 35.3 Å². The maximum atomic E-state index is 13.6. The van der Waals surface area contributed by atoms with Crippen LogP contribution in [-0.2, 0) is 17.1 Å². The lowest BCUT2D eigenvalue weighted by Crippen LogP contribution is -2.18. The van der Waals surface area contributed by atoms with Gasteiger partial charge in [-0.2, -0.15) is 5.10 Å². The number of anilines is 2. The largest absolute Gasteiger partial charge is 0.320 e. The molecular weight excluding hydrogens is 361 g/mol. The van der Waals surface area contributed by atoms with E-state index in [2.05, 4.69) is 20.1 Å². The van der Waals surface area contributed by atoms with E-state index in [1.807, 2.05) is 6.92 Å².